The third-order valence-corrected chi connectivity index (χ3v) is 4.92. The third kappa shape index (κ3) is 4.28. The number of hydrogen-bond acceptors (Lipinski definition) is 4. The highest BCUT2D eigenvalue weighted by atomic mass is 32.1. The van der Waals surface area contributed by atoms with Crippen LogP contribution in [0.3, 0.4) is 0 Å². The van der Waals surface area contributed by atoms with E-state index in [9.17, 15) is 0 Å². The van der Waals surface area contributed by atoms with E-state index in [0.717, 1.165) is 19.0 Å². The fraction of sp³-hybridized carbons (Fsp3) is 0.733. The number of hydrogen-bond donors (Lipinski definition) is 2. The maximum absolute atomic E-state index is 6.05. The average molecular weight is 281 g/mol. The van der Waals surface area contributed by atoms with Crippen molar-refractivity contribution in [1.29, 1.82) is 0 Å². The first-order chi connectivity index (χ1) is 9.13. The molecule has 0 spiro atoms. The SMILES string of the molecule is CC(C)CN1CCC(CN)(NCc2cccs2)CC1. The van der Waals surface area contributed by atoms with Crippen LogP contribution in [-0.4, -0.2) is 36.6 Å². The van der Waals surface area contributed by atoms with Gasteiger partial charge in [-0.2, -0.15) is 0 Å². The number of piperidine rings is 1. The molecular weight excluding hydrogens is 254 g/mol. The van der Waals surface area contributed by atoms with Gasteiger partial charge in [-0.15, -0.1) is 11.3 Å². The molecule has 3 N–H and O–H groups in total. The van der Waals surface area contributed by atoms with E-state index in [1.807, 2.05) is 11.3 Å². The van der Waals surface area contributed by atoms with Crippen molar-refractivity contribution in [3.8, 4) is 0 Å². The zero-order chi connectivity index (χ0) is 13.7. The molecule has 2 heterocycles. The highest BCUT2D eigenvalue weighted by molar-refractivity contribution is 7.09. The lowest BCUT2D eigenvalue weighted by Crippen LogP contribution is -2.57. The van der Waals surface area contributed by atoms with Gasteiger partial charge in [-0.05, 0) is 43.3 Å². The van der Waals surface area contributed by atoms with E-state index in [2.05, 4.69) is 41.6 Å². The molecule has 19 heavy (non-hydrogen) atoms. The monoisotopic (exact) mass is 281 g/mol. The Hall–Kier alpha value is -0.420. The van der Waals surface area contributed by atoms with E-state index in [1.165, 1.54) is 37.4 Å². The molecule has 1 fully saturated rings. The second kappa shape index (κ2) is 6.84. The van der Waals surface area contributed by atoms with Crippen molar-refractivity contribution in [3.05, 3.63) is 22.4 Å². The summed E-state index contributed by atoms with van der Waals surface area (Å²) < 4.78 is 0. The second-order valence-corrected chi connectivity index (χ2v) is 7.14. The first-order valence-electron chi connectivity index (χ1n) is 7.33. The van der Waals surface area contributed by atoms with Crippen LogP contribution in [0.15, 0.2) is 17.5 Å². The summed E-state index contributed by atoms with van der Waals surface area (Å²) in [6.45, 7) is 9.85. The van der Waals surface area contributed by atoms with Crippen LogP contribution < -0.4 is 11.1 Å². The van der Waals surface area contributed by atoms with Gasteiger partial charge in [-0.25, -0.2) is 0 Å². The Balaban J connectivity index is 1.83. The predicted octanol–water partition coefficient (Wildman–Crippen LogP) is 2.29. The second-order valence-electron chi connectivity index (χ2n) is 6.11. The van der Waals surface area contributed by atoms with E-state index in [0.29, 0.717) is 0 Å². The summed E-state index contributed by atoms with van der Waals surface area (Å²) in [5.74, 6) is 0.754. The molecule has 108 valence electrons. The van der Waals surface area contributed by atoms with Gasteiger partial charge in [0, 0.05) is 30.1 Å². The molecule has 0 atom stereocenters. The zero-order valence-electron chi connectivity index (χ0n) is 12.2. The molecule has 1 aliphatic rings. The van der Waals surface area contributed by atoms with E-state index < -0.39 is 0 Å². The van der Waals surface area contributed by atoms with Crippen molar-refractivity contribution in [2.75, 3.05) is 26.2 Å². The molecule has 0 aromatic carbocycles. The Kier molecular flexibility index (Phi) is 5.39. The van der Waals surface area contributed by atoms with Crippen LogP contribution in [-0.2, 0) is 6.54 Å². The van der Waals surface area contributed by atoms with Gasteiger partial charge >= 0.3 is 0 Å². The Labute approximate surface area is 121 Å². The van der Waals surface area contributed by atoms with Crippen molar-refractivity contribution in [3.63, 3.8) is 0 Å². The van der Waals surface area contributed by atoms with E-state index >= 15 is 0 Å². The Morgan fingerprint density at radius 3 is 2.68 bits per heavy atom. The standard InChI is InChI=1S/C15H27N3S/c1-13(2)11-18-7-5-15(12-16,6-8-18)17-10-14-4-3-9-19-14/h3-4,9,13,17H,5-8,10-12,16H2,1-2H3. The van der Waals surface area contributed by atoms with Crippen LogP contribution >= 0.6 is 11.3 Å². The highest BCUT2D eigenvalue weighted by Crippen LogP contribution is 2.23. The smallest absolute Gasteiger partial charge is 0.0331 e. The minimum atomic E-state index is 0.150. The number of thiophene rings is 1. The molecule has 1 saturated heterocycles. The van der Waals surface area contributed by atoms with Crippen LogP contribution in [0.2, 0.25) is 0 Å². The van der Waals surface area contributed by atoms with Gasteiger partial charge in [-0.3, -0.25) is 0 Å². The summed E-state index contributed by atoms with van der Waals surface area (Å²) in [6, 6.07) is 4.30. The van der Waals surface area contributed by atoms with Crippen molar-refractivity contribution in [2.24, 2.45) is 11.7 Å². The predicted molar refractivity (Wildman–Crippen MR) is 83.5 cm³/mol. The van der Waals surface area contributed by atoms with Gasteiger partial charge in [-0.1, -0.05) is 19.9 Å². The lowest BCUT2D eigenvalue weighted by molar-refractivity contribution is 0.127. The number of rotatable bonds is 6. The first-order valence-corrected chi connectivity index (χ1v) is 8.21. The van der Waals surface area contributed by atoms with Gasteiger partial charge < -0.3 is 16.0 Å². The molecule has 0 aliphatic carbocycles. The van der Waals surface area contributed by atoms with Gasteiger partial charge in [0.25, 0.3) is 0 Å². The minimum absolute atomic E-state index is 0.150. The van der Waals surface area contributed by atoms with Crippen molar-refractivity contribution in [2.45, 2.75) is 38.8 Å². The van der Waals surface area contributed by atoms with E-state index in [-0.39, 0.29) is 5.54 Å². The normalized spacial score (nSPS) is 20.0. The summed E-state index contributed by atoms with van der Waals surface area (Å²) in [4.78, 5) is 3.98. The van der Waals surface area contributed by atoms with Crippen LogP contribution in [0.4, 0.5) is 0 Å². The molecule has 1 aromatic rings. The topological polar surface area (TPSA) is 41.3 Å². The maximum atomic E-state index is 6.05. The van der Waals surface area contributed by atoms with Crippen LogP contribution in [0.25, 0.3) is 0 Å². The first kappa shape index (κ1) is 15.0. The van der Waals surface area contributed by atoms with Gasteiger partial charge in [0.1, 0.15) is 0 Å². The highest BCUT2D eigenvalue weighted by Gasteiger charge is 2.32. The molecule has 1 aromatic heterocycles. The number of likely N-dealkylation sites (tertiary alicyclic amines) is 1. The lowest BCUT2D eigenvalue weighted by Gasteiger charge is -2.42. The molecular formula is C15H27N3S. The van der Waals surface area contributed by atoms with Gasteiger partial charge in [0.2, 0.25) is 0 Å². The summed E-state index contributed by atoms with van der Waals surface area (Å²) in [7, 11) is 0. The molecule has 2 rings (SSSR count). The molecule has 4 heteroatoms. The quantitative estimate of drug-likeness (QED) is 0.840. The van der Waals surface area contributed by atoms with Crippen molar-refractivity contribution < 1.29 is 0 Å². The molecule has 3 nitrogen and oxygen atoms in total. The van der Waals surface area contributed by atoms with E-state index in [1.54, 1.807) is 0 Å². The van der Waals surface area contributed by atoms with Gasteiger partial charge in [0.15, 0.2) is 0 Å². The fourth-order valence-corrected chi connectivity index (χ4v) is 3.47. The van der Waals surface area contributed by atoms with Crippen LogP contribution in [0.1, 0.15) is 31.6 Å². The molecule has 0 amide bonds. The summed E-state index contributed by atoms with van der Waals surface area (Å²) in [6.07, 6.45) is 2.34. The third-order valence-electron chi connectivity index (χ3n) is 4.04. The lowest BCUT2D eigenvalue weighted by atomic mass is 9.87. The summed E-state index contributed by atoms with van der Waals surface area (Å²) in [5.41, 5.74) is 6.20. The Morgan fingerprint density at radius 1 is 1.42 bits per heavy atom. The molecule has 0 radical (unpaired) electrons. The maximum Gasteiger partial charge on any atom is 0.0331 e. The average Bonchev–Trinajstić information content (AvgIpc) is 2.91. The van der Waals surface area contributed by atoms with Crippen LogP contribution in [0.5, 0.6) is 0 Å². The number of nitrogens with two attached hydrogens (primary N) is 1. The largest absolute Gasteiger partial charge is 0.329 e. The molecule has 0 saturated carbocycles. The minimum Gasteiger partial charge on any atom is -0.329 e. The molecule has 1 aliphatic heterocycles. The Bertz CT molecular complexity index is 353. The Morgan fingerprint density at radius 2 is 2.16 bits per heavy atom. The fourth-order valence-electron chi connectivity index (χ4n) is 2.82. The van der Waals surface area contributed by atoms with Crippen molar-refractivity contribution >= 4 is 11.3 Å². The van der Waals surface area contributed by atoms with Crippen LogP contribution in [0, 0.1) is 5.92 Å². The van der Waals surface area contributed by atoms with Crippen molar-refractivity contribution in [1.82, 2.24) is 10.2 Å². The number of nitrogens with one attached hydrogen (secondary N) is 1. The zero-order valence-corrected chi connectivity index (χ0v) is 13.0. The molecule has 0 unspecified atom stereocenters. The summed E-state index contributed by atoms with van der Waals surface area (Å²) >= 11 is 1.82. The number of nitrogens with zero attached hydrogens (tertiary/aromatic N) is 1. The van der Waals surface area contributed by atoms with E-state index in [4.69, 9.17) is 5.73 Å². The van der Waals surface area contributed by atoms with Gasteiger partial charge in [0.05, 0.1) is 0 Å². The molecule has 0 bridgehead atoms. The summed E-state index contributed by atoms with van der Waals surface area (Å²) in [5, 5.41) is 5.86.